The van der Waals surface area contributed by atoms with Crippen molar-refractivity contribution in [3.63, 3.8) is 0 Å². The predicted molar refractivity (Wildman–Crippen MR) is 63.1 cm³/mol. The van der Waals surface area contributed by atoms with Crippen molar-refractivity contribution in [1.82, 2.24) is 5.32 Å². The summed E-state index contributed by atoms with van der Waals surface area (Å²) in [6.45, 7) is 4.14. The zero-order valence-corrected chi connectivity index (χ0v) is 10.1. The molecule has 0 saturated heterocycles. The number of amides is 2. The molecule has 0 saturated carbocycles. The lowest BCUT2D eigenvalue weighted by atomic mass is 10.2. The van der Waals surface area contributed by atoms with Crippen LogP contribution in [0.25, 0.3) is 0 Å². The van der Waals surface area contributed by atoms with Crippen molar-refractivity contribution < 1.29 is 14.2 Å². The molecule has 0 unspecified atom stereocenters. The molecule has 1 heterocycles. The number of nitrogens with one attached hydrogen (secondary N) is 1. The maximum atomic E-state index is 11.6. The zero-order valence-electron chi connectivity index (χ0n) is 10.1. The summed E-state index contributed by atoms with van der Waals surface area (Å²) in [7, 11) is 0. The van der Waals surface area contributed by atoms with Crippen LogP contribution >= 0.6 is 0 Å². The first-order valence-corrected chi connectivity index (χ1v) is 5.61. The Morgan fingerprint density at radius 2 is 2.24 bits per heavy atom. The molecule has 0 radical (unpaired) electrons. The van der Waals surface area contributed by atoms with Crippen LogP contribution in [0.3, 0.4) is 0 Å². The molecular weight excluding hydrogens is 218 g/mol. The molecule has 1 atom stereocenters. The van der Waals surface area contributed by atoms with Crippen molar-refractivity contribution in [2.75, 3.05) is 0 Å². The Morgan fingerprint density at radius 3 is 2.82 bits per heavy atom. The minimum absolute atomic E-state index is 0.0778. The Morgan fingerprint density at radius 1 is 1.53 bits per heavy atom. The van der Waals surface area contributed by atoms with Crippen molar-refractivity contribution in [2.24, 2.45) is 5.73 Å². The van der Waals surface area contributed by atoms with Crippen molar-refractivity contribution in [2.45, 2.75) is 32.9 Å². The van der Waals surface area contributed by atoms with Crippen LogP contribution in [0.4, 0.5) is 0 Å². The first-order valence-electron chi connectivity index (χ1n) is 5.61. The molecule has 92 valence electrons. The summed E-state index contributed by atoms with van der Waals surface area (Å²) in [6.07, 6.45) is 4.18. The molecule has 1 rings (SSSR count). The van der Waals surface area contributed by atoms with Crippen LogP contribution in [0.1, 0.15) is 30.6 Å². The Kier molecular flexibility index (Phi) is 4.63. The van der Waals surface area contributed by atoms with E-state index in [1.807, 2.05) is 13.8 Å². The van der Waals surface area contributed by atoms with Crippen molar-refractivity contribution in [1.29, 1.82) is 0 Å². The van der Waals surface area contributed by atoms with Gasteiger partial charge < -0.3 is 11.1 Å². The number of pyridine rings is 1. The highest BCUT2D eigenvalue weighted by Gasteiger charge is 2.13. The summed E-state index contributed by atoms with van der Waals surface area (Å²) in [5.41, 5.74) is 5.56. The number of rotatable bonds is 5. The summed E-state index contributed by atoms with van der Waals surface area (Å²) in [4.78, 5) is 22.6. The fourth-order valence-electron chi connectivity index (χ4n) is 1.35. The van der Waals surface area contributed by atoms with E-state index in [2.05, 4.69) is 5.32 Å². The molecule has 0 aliphatic rings. The molecule has 5 nitrogen and oxygen atoms in total. The van der Waals surface area contributed by atoms with Gasteiger partial charge in [-0.2, -0.15) is 4.57 Å². The third-order valence-electron chi connectivity index (χ3n) is 2.49. The molecule has 0 aliphatic carbocycles. The molecule has 2 amide bonds. The van der Waals surface area contributed by atoms with Gasteiger partial charge in [-0.25, -0.2) is 0 Å². The van der Waals surface area contributed by atoms with E-state index in [1.54, 1.807) is 29.1 Å². The number of primary amides is 1. The Labute approximate surface area is 101 Å². The normalized spacial score (nSPS) is 11.9. The van der Waals surface area contributed by atoms with Gasteiger partial charge in [0.15, 0.2) is 12.4 Å². The number of nitrogens with two attached hydrogens (primary N) is 1. The molecule has 0 aromatic carbocycles. The molecule has 1 aromatic rings. The lowest BCUT2D eigenvalue weighted by molar-refractivity contribution is -0.684. The molecule has 0 aliphatic heterocycles. The monoisotopic (exact) mass is 236 g/mol. The quantitative estimate of drug-likeness (QED) is 0.705. The molecule has 5 heteroatoms. The Bertz CT molecular complexity index is 418. The fourth-order valence-corrected chi connectivity index (χ4v) is 1.35. The molecule has 17 heavy (non-hydrogen) atoms. The minimum Gasteiger partial charge on any atom is -0.365 e. The highest BCUT2D eigenvalue weighted by atomic mass is 16.2. The first kappa shape index (κ1) is 13.2. The van der Waals surface area contributed by atoms with Crippen molar-refractivity contribution in [3.8, 4) is 0 Å². The SMILES string of the molecule is CC[C@@H](C)NC(=O)C[n+]1cccc(C(N)=O)c1. The number of aromatic nitrogens is 1. The number of hydrogen-bond donors (Lipinski definition) is 2. The van der Waals surface area contributed by atoms with Gasteiger partial charge in [0, 0.05) is 12.1 Å². The average molecular weight is 236 g/mol. The summed E-state index contributed by atoms with van der Waals surface area (Å²) >= 11 is 0. The van der Waals surface area contributed by atoms with E-state index in [4.69, 9.17) is 5.73 Å². The maximum absolute atomic E-state index is 11.6. The van der Waals surface area contributed by atoms with Gasteiger partial charge in [0.05, 0.1) is 0 Å². The molecule has 3 N–H and O–H groups in total. The second-order valence-corrected chi connectivity index (χ2v) is 4.01. The van der Waals surface area contributed by atoms with Crippen molar-refractivity contribution in [3.05, 3.63) is 30.1 Å². The topological polar surface area (TPSA) is 76.1 Å². The Hall–Kier alpha value is -1.91. The third-order valence-corrected chi connectivity index (χ3v) is 2.49. The summed E-state index contributed by atoms with van der Waals surface area (Å²) in [5.74, 6) is -0.576. The number of carbonyl (C=O) groups is 2. The zero-order chi connectivity index (χ0) is 12.8. The second-order valence-electron chi connectivity index (χ2n) is 4.01. The van der Waals surface area contributed by atoms with E-state index in [1.165, 1.54) is 0 Å². The molecule has 0 bridgehead atoms. The summed E-state index contributed by atoms with van der Waals surface area (Å²) in [6, 6.07) is 3.46. The van der Waals surface area contributed by atoms with Gasteiger partial charge in [0.1, 0.15) is 5.56 Å². The fraction of sp³-hybridized carbons (Fsp3) is 0.417. The number of nitrogens with zero attached hydrogens (tertiary/aromatic N) is 1. The van der Waals surface area contributed by atoms with Crippen LogP contribution in [0.5, 0.6) is 0 Å². The van der Waals surface area contributed by atoms with Crippen LogP contribution in [0, 0.1) is 0 Å². The van der Waals surface area contributed by atoms with E-state index in [0.29, 0.717) is 5.56 Å². The maximum Gasteiger partial charge on any atom is 0.286 e. The lowest BCUT2D eigenvalue weighted by Gasteiger charge is -2.09. The molecular formula is C12H18N3O2+. The summed E-state index contributed by atoms with van der Waals surface area (Å²) < 4.78 is 1.64. The first-order chi connectivity index (χ1) is 8.02. The highest BCUT2D eigenvalue weighted by Crippen LogP contribution is 1.92. The van der Waals surface area contributed by atoms with Gasteiger partial charge in [-0.05, 0) is 19.4 Å². The van der Waals surface area contributed by atoms with Gasteiger partial charge in [0.2, 0.25) is 6.54 Å². The summed E-state index contributed by atoms with van der Waals surface area (Å²) in [5, 5.41) is 2.85. The Balaban J connectivity index is 2.65. The van der Waals surface area contributed by atoms with E-state index in [9.17, 15) is 9.59 Å². The van der Waals surface area contributed by atoms with Gasteiger partial charge in [-0.3, -0.25) is 9.59 Å². The smallest absolute Gasteiger partial charge is 0.286 e. The van der Waals surface area contributed by atoms with Crippen LogP contribution in [0.2, 0.25) is 0 Å². The minimum atomic E-state index is -0.498. The largest absolute Gasteiger partial charge is 0.365 e. The predicted octanol–water partition coefficient (Wildman–Crippen LogP) is -0.0123. The van der Waals surface area contributed by atoms with E-state index < -0.39 is 5.91 Å². The molecule has 1 aromatic heterocycles. The van der Waals surface area contributed by atoms with Crippen LogP contribution < -0.4 is 15.6 Å². The third kappa shape index (κ3) is 4.22. The standard InChI is InChI=1S/C12H17N3O2/c1-3-9(2)14-11(16)8-15-6-4-5-10(7-15)12(13)17/h4-7,9H,3,8H2,1-2H3,(H2-,13,14,16,17)/p+1/t9-/m1/s1. The number of carbonyl (C=O) groups excluding carboxylic acids is 2. The van der Waals surface area contributed by atoms with Crippen LogP contribution in [-0.2, 0) is 11.3 Å². The van der Waals surface area contributed by atoms with E-state index in [-0.39, 0.29) is 18.5 Å². The second kappa shape index (κ2) is 5.98. The van der Waals surface area contributed by atoms with Crippen molar-refractivity contribution >= 4 is 11.8 Å². The highest BCUT2D eigenvalue weighted by molar-refractivity contribution is 5.92. The van der Waals surface area contributed by atoms with Crippen LogP contribution in [0.15, 0.2) is 24.5 Å². The molecule has 0 fully saturated rings. The molecule has 0 spiro atoms. The van der Waals surface area contributed by atoms with Gasteiger partial charge in [0.25, 0.3) is 11.8 Å². The van der Waals surface area contributed by atoms with Crippen LogP contribution in [-0.4, -0.2) is 17.9 Å². The van der Waals surface area contributed by atoms with Gasteiger partial charge in [-0.15, -0.1) is 0 Å². The number of hydrogen-bond acceptors (Lipinski definition) is 2. The lowest BCUT2D eigenvalue weighted by Crippen LogP contribution is -2.45. The van der Waals surface area contributed by atoms with Gasteiger partial charge in [-0.1, -0.05) is 6.92 Å². The van der Waals surface area contributed by atoms with E-state index >= 15 is 0 Å². The van der Waals surface area contributed by atoms with Gasteiger partial charge >= 0.3 is 0 Å². The van der Waals surface area contributed by atoms with E-state index in [0.717, 1.165) is 6.42 Å². The average Bonchev–Trinajstić information content (AvgIpc) is 2.28.